The van der Waals surface area contributed by atoms with Crippen molar-refractivity contribution < 1.29 is 14.3 Å². The van der Waals surface area contributed by atoms with Crippen LogP contribution >= 0.6 is 24.0 Å². The third-order valence-electron chi connectivity index (χ3n) is 6.20. The normalized spacial score (nSPS) is 23.6. The summed E-state index contributed by atoms with van der Waals surface area (Å²) in [6, 6.07) is 7.54. The van der Waals surface area contributed by atoms with Crippen molar-refractivity contribution in [1.82, 2.24) is 20.4 Å². The Labute approximate surface area is 200 Å². The van der Waals surface area contributed by atoms with Crippen molar-refractivity contribution in [3.8, 4) is 0 Å². The number of hydrogen-bond acceptors (Lipinski definition) is 4. The van der Waals surface area contributed by atoms with Gasteiger partial charge in [0.25, 0.3) is 5.91 Å². The van der Waals surface area contributed by atoms with Crippen LogP contribution in [0.15, 0.2) is 29.3 Å². The van der Waals surface area contributed by atoms with Gasteiger partial charge in [-0.1, -0.05) is 12.1 Å². The Balaban J connectivity index is 0.00000272. The van der Waals surface area contributed by atoms with Gasteiger partial charge in [-0.2, -0.15) is 0 Å². The van der Waals surface area contributed by atoms with Crippen LogP contribution in [0.5, 0.6) is 0 Å². The molecule has 2 N–H and O–H groups in total. The van der Waals surface area contributed by atoms with Gasteiger partial charge in [-0.3, -0.25) is 9.59 Å². The highest BCUT2D eigenvalue weighted by Gasteiger charge is 2.42. The Morgan fingerprint density at radius 2 is 2.03 bits per heavy atom. The number of aliphatic imine (C=N–C) groups is 1. The molecular weight excluding hydrogens is 509 g/mol. The maximum Gasteiger partial charge on any atom is 0.254 e. The summed E-state index contributed by atoms with van der Waals surface area (Å²) in [5.74, 6) is 0.736. The van der Waals surface area contributed by atoms with Crippen LogP contribution < -0.4 is 10.6 Å². The van der Waals surface area contributed by atoms with Crippen molar-refractivity contribution in [1.29, 1.82) is 0 Å². The molecule has 31 heavy (non-hydrogen) atoms. The number of hydrogen-bond donors (Lipinski definition) is 2. The smallest absolute Gasteiger partial charge is 0.254 e. The van der Waals surface area contributed by atoms with E-state index in [0.29, 0.717) is 30.6 Å². The molecule has 0 aromatic heterocycles. The van der Waals surface area contributed by atoms with Crippen LogP contribution in [0.2, 0.25) is 0 Å². The van der Waals surface area contributed by atoms with E-state index in [1.54, 1.807) is 4.90 Å². The molecule has 0 aliphatic carbocycles. The van der Waals surface area contributed by atoms with Gasteiger partial charge in [0.05, 0.1) is 19.7 Å². The van der Waals surface area contributed by atoms with E-state index < -0.39 is 0 Å². The molecule has 0 bridgehead atoms. The van der Waals surface area contributed by atoms with Gasteiger partial charge in [0, 0.05) is 50.3 Å². The molecule has 1 aromatic carbocycles. The number of amides is 2. The number of nitrogens with zero attached hydrogens (tertiary/aromatic N) is 3. The summed E-state index contributed by atoms with van der Waals surface area (Å²) in [6.45, 7) is 8.38. The van der Waals surface area contributed by atoms with E-state index in [1.807, 2.05) is 24.3 Å². The van der Waals surface area contributed by atoms with Crippen molar-refractivity contribution in [3.63, 3.8) is 0 Å². The number of piperazine rings is 1. The van der Waals surface area contributed by atoms with E-state index in [4.69, 9.17) is 9.73 Å². The quantitative estimate of drug-likeness (QED) is 0.343. The Kier molecular flexibility index (Phi) is 8.15. The number of ether oxygens (including phenoxy) is 1. The second-order valence-electron chi connectivity index (χ2n) is 8.42. The number of carbonyl (C=O) groups is 2. The highest BCUT2D eigenvalue weighted by atomic mass is 127. The second-order valence-corrected chi connectivity index (χ2v) is 8.42. The summed E-state index contributed by atoms with van der Waals surface area (Å²) in [7, 11) is 0. The van der Waals surface area contributed by atoms with Crippen molar-refractivity contribution in [2.75, 3.05) is 52.5 Å². The van der Waals surface area contributed by atoms with Crippen LogP contribution in [-0.2, 0) is 16.1 Å². The van der Waals surface area contributed by atoms with E-state index in [2.05, 4.69) is 22.5 Å². The Morgan fingerprint density at radius 1 is 1.23 bits per heavy atom. The van der Waals surface area contributed by atoms with Gasteiger partial charge in [-0.15, -0.1) is 24.0 Å². The second kappa shape index (κ2) is 10.6. The summed E-state index contributed by atoms with van der Waals surface area (Å²) >= 11 is 0. The highest BCUT2D eigenvalue weighted by molar-refractivity contribution is 14.0. The zero-order valence-electron chi connectivity index (χ0n) is 18.1. The van der Waals surface area contributed by atoms with E-state index in [9.17, 15) is 9.59 Å². The predicted octanol–water partition coefficient (Wildman–Crippen LogP) is 1.45. The number of carbonyl (C=O) groups excluding carboxylic acids is 2. The molecule has 3 aliphatic heterocycles. The zero-order valence-corrected chi connectivity index (χ0v) is 20.4. The van der Waals surface area contributed by atoms with Crippen molar-refractivity contribution in [3.05, 3.63) is 35.4 Å². The molecule has 2 amide bonds. The SMILES string of the molecule is CCNC(=NCc1ccc(C(=O)N2CCNC(=O)C2)cc1)N1CCC2(CCOC2)C1.I. The standard InChI is InChI=1S/C22H31N5O3.HI/c1-2-23-21(27-10-7-22(15-27)8-12-30-16-22)25-13-17-3-5-18(6-4-17)20(29)26-11-9-24-19(28)14-26;/h3-6H,2,7-16H2,1H3,(H,23,25)(H,24,28);1H. The number of guanidine groups is 1. The number of rotatable bonds is 4. The van der Waals surface area contributed by atoms with Gasteiger partial charge in [0.1, 0.15) is 0 Å². The fraction of sp³-hybridized carbons (Fsp3) is 0.591. The lowest BCUT2D eigenvalue weighted by Gasteiger charge is -2.26. The minimum absolute atomic E-state index is 0. The van der Waals surface area contributed by atoms with Gasteiger partial charge in [0.15, 0.2) is 5.96 Å². The average Bonchev–Trinajstić information content (AvgIpc) is 3.41. The molecule has 1 unspecified atom stereocenters. The Bertz CT molecular complexity index is 808. The fourth-order valence-corrected chi connectivity index (χ4v) is 4.43. The fourth-order valence-electron chi connectivity index (χ4n) is 4.43. The van der Waals surface area contributed by atoms with Crippen LogP contribution in [-0.4, -0.2) is 80.1 Å². The van der Waals surface area contributed by atoms with E-state index in [0.717, 1.165) is 57.2 Å². The number of nitrogens with one attached hydrogen (secondary N) is 2. The maximum atomic E-state index is 12.6. The van der Waals surface area contributed by atoms with Gasteiger partial charge >= 0.3 is 0 Å². The first-order valence-electron chi connectivity index (χ1n) is 10.8. The minimum atomic E-state index is -0.107. The highest BCUT2D eigenvalue weighted by Crippen LogP contribution is 2.38. The first-order valence-corrected chi connectivity index (χ1v) is 10.8. The molecule has 4 rings (SSSR count). The Hall–Kier alpha value is -1.88. The van der Waals surface area contributed by atoms with Crippen molar-refractivity contribution in [2.45, 2.75) is 26.3 Å². The topological polar surface area (TPSA) is 86.3 Å². The third kappa shape index (κ3) is 5.68. The molecule has 9 heteroatoms. The molecule has 1 aromatic rings. The summed E-state index contributed by atoms with van der Waals surface area (Å²) in [5.41, 5.74) is 1.95. The van der Waals surface area contributed by atoms with Crippen molar-refractivity contribution >= 4 is 41.8 Å². The van der Waals surface area contributed by atoms with Gasteiger partial charge in [-0.25, -0.2) is 4.99 Å². The van der Waals surface area contributed by atoms with Crippen LogP contribution in [0.4, 0.5) is 0 Å². The Morgan fingerprint density at radius 3 is 2.71 bits per heavy atom. The molecule has 8 nitrogen and oxygen atoms in total. The maximum absolute atomic E-state index is 12.6. The summed E-state index contributed by atoms with van der Waals surface area (Å²) in [6.07, 6.45) is 2.29. The zero-order chi connectivity index (χ0) is 21.0. The first kappa shape index (κ1) is 23.8. The van der Waals surface area contributed by atoms with E-state index in [1.165, 1.54) is 0 Å². The molecule has 170 valence electrons. The lowest BCUT2D eigenvalue weighted by molar-refractivity contribution is -0.123. The first-order chi connectivity index (χ1) is 14.6. The number of benzene rings is 1. The van der Waals surface area contributed by atoms with Gasteiger partial charge in [-0.05, 0) is 37.5 Å². The van der Waals surface area contributed by atoms with Crippen LogP contribution in [0.1, 0.15) is 35.7 Å². The summed E-state index contributed by atoms with van der Waals surface area (Å²) < 4.78 is 5.64. The van der Waals surface area contributed by atoms with Gasteiger partial charge < -0.3 is 25.2 Å². The average molecular weight is 541 g/mol. The number of likely N-dealkylation sites (tertiary alicyclic amines) is 1. The molecular formula is C22H32IN5O3. The largest absolute Gasteiger partial charge is 0.381 e. The summed E-state index contributed by atoms with van der Waals surface area (Å²) in [4.78, 5) is 32.9. The third-order valence-corrected chi connectivity index (χ3v) is 6.20. The molecule has 1 atom stereocenters. The minimum Gasteiger partial charge on any atom is -0.381 e. The summed E-state index contributed by atoms with van der Waals surface area (Å²) in [5, 5.41) is 6.15. The lowest BCUT2D eigenvalue weighted by Crippen LogP contribution is -2.49. The van der Waals surface area contributed by atoms with Crippen LogP contribution in [0.3, 0.4) is 0 Å². The monoisotopic (exact) mass is 541 g/mol. The van der Waals surface area contributed by atoms with Gasteiger partial charge in [0.2, 0.25) is 5.91 Å². The molecule has 3 heterocycles. The predicted molar refractivity (Wildman–Crippen MR) is 130 cm³/mol. The van der Waals surface area contributed by atoms with Crippen molar-refractivity contribution in [2.24, 2.45) is 10.4 Å². The van der Waals surface area contributed by atoms with E-state index >= 15 is 0 Å². The molecule has 0 radical (unpaired) electrons. The van der Waals surface area contributed by atoms with Crippen LogP contribution in [0, 0.1) is 5.41 Å². The van der Waals surface area contributed by atoms with E-state index in [-0.39, 0.29) is 42.3 Å². The number of halogens is 1. The molecule has 3 saturated heterocycles. The molecule has 3 fully saturated rings. The molecule has 1 spiro atoms. The van der Waals surface area contributed by atoms with Crippen LogP contribution in [0.25, 0.3) is 0 Å². The molecule has 3 aliphatic rings. The molecule has 0 saturated carbocycles. The lowest BCUT2D eigenvalue weighted by atomic mass is 9.87.